The van der Waals surface area contributed by atoms with Gasteiger partial charge >= 0.3 is 0 Å². The fraction of sp³-hybridized carbons (Fsp3) is 1.00. The number of thioether (sulfide) groups is 1. The molecule has 0 aromatic carbocycles. The average molecular weight is 233 g/mol. The van der Waals surface area contributed by atoms with E-state index in [2.05, 4.69) is 26.1 Å². The van der Waals surface area contributed by atoms with Crippen molar-refractivity contribution in [2.45, 2.75) is 46.1 Å². The first-order chi connectivity index (χ1) is 7.24. The van der Waals surface area contributed by atoms with E-state index in [0.717, 1.165) is 12.3 Å². The van der Waals surface area contributed by atoms with Crippen molar-refractivity contribution < 1.29 is 5.11 Å². The fourth-order valence-corrected chi connectivity index (χ4v) is 2.55. The van der Waals surface area contributed by atoms with E-state index in [1.54, 1.807) is 0 Å². The van der Waals surface area contributed by atoms with Gasteiger partial charge in [-0.2, -0.15) is 11.8 Å². The summed E-state index contributed by atoms with van der Waals surface area (Å²) in [4.78, 5) is 0. The highest BCUT2D eigenvalue weighted by atomic mass is 32.2. The number of nitrogens with one attached hydrogen (secondary N) is 1. The molecular formula is C12H27NOS. The lowest BCUT2D eigenvalue weighted by atomic mass is 10.1. The molecule has 0 aliphatic heterocycles. The highest BCUT2D eigenvalue weighted by Gasteiger charge is 2.04. The van der Waals surface area contributed by atoms with Gasteiger partial charge in [-0.05, 0) is 43.2 Å². The molecular weight excluding hydrogens is 206 g/mol. The third kappa shape index (κ3) is 9.21. The molecule has 0 bridgehead atoms. The Morgan fingerprint density at radius 2 is 2.07 bits per heavy atom. The summed E-state index contributed by atoms with van der Waals surface area (Å²) in [6, 6.07) is 0.700. The molecule has 2 N–H and O–H groups in total. The van der Waals surface area contributed by atoms with Gasteiger partial charge in [0.25, 0.3) is 0 Å². The molecule has 15 heavy (non-hydrogen) atoms. The predicted octanol–water partition coefficient (Wildman–Crippen LogP) is 2.52. The van der Waals surface area contributed by atoms with Crippen LogP contribution >= 0.6 is 11.8 Å². The lowest BCUT2D eigenvalue weighted by Gasteiger charge is -2.15. The summed E-state index contributed by atoms with van der Waals surface area (Å²) < 4.78 is 0. The summed E-state index contributed by atoms with van der Waals surface area (Å²) >= 11 is 1.97. The molecule has 0 aromatic rings. The molecule has 0 radical (unpaired) electrons. The van der Waals surface area contributed by atoms with Crippen LogP contribution in [-0.2, 0) is 0 Å². The van der Waals surface area contributed by atoms with Crippen molar-refractivity contribution >= 4 is 11.8 Å². The fourth-order valence-electron chi connectivity index (χ4n) is 1.51. The van der Waals surface area contributed by atoms with Crippen molar-refractivity contribution in [2.24, 2.45) is 5.92 Å². The third-order valence-electron chi connectivity index (χ3n) is 2.54. The molecule has 0 amide bonds. The van der Waals surface area contributed by atoms with Gasteiger partial charge in [0, 0.05) is 12.6 Å². The number of aliphatic hydroxyl groups excluding tert-OH is 1. The van der Waals surface area contributed by atoms with Gasteiger partial charge in [-0.1, -0.05) is 20.8 Å². The summed E-state index contributed by atoms with van der Waals surface area (Å²) in [5, 5.41) is 12.4. The number of aliphatic hydroxyl groups is 1. The highest BCUT2D eigenvalue weighted by molar-refractivity contribution is 7.99. The Kier molecular flexibility index (Phi) is 11.0. The molecule has 0 spiro atoms. The lowest BCUT2D eigenvalue weighted by molar-refractivity contribution is 0.250. The van der Waals surface area contributed by atoms with Crippen LogP contribution in [0.3, 0.4) is 0 Å². The van der Waals surface area contributed by atoms with E-state index in [1.807, 2.05) is 11.8 Å². The van der Waals surface area contributed by atoms with Crippen molar-refractivity contribution in [3.05, 3.63) is 0 Å². The van der Waals surface area contributed by atoms with E-state index in [4.69, 9.17) is 5.11 Å². The third-order valence-corrected chi connectivity index (χ3v) is 3.92. The Morgan fingerprint density at radius 3 is 2.60 bits per heavy atom. The van der Waals surface area contributed by atoms with Crippen molar-refractivity contribution in [1.29, 1.82) is 0 Å². The van der Waals surface area contributed by atoms with Gasteiger partial charge in [0.15, 0.2) is 0 Å². The van der Waals surface area contributed by atoms with Gasteiger partial charge in [0.2, 0.25) is 0 Å². The molecule has 0 aromatic heterocycles. The maximum absolute atomic E-state index is 8.86. The molecule has 2 nitrogen and oxygen atoms in total. The van der Waals surface area contributed by atoms with Gasteiger partial charge in [-0.15, -0.1) is 0 Å². The molecule has 0 aliphatic rings. The van der Waals surface area contributed by atoms with Crippen molar-refractivity contribution in [2.75, 3.05) is 24.7 Å². The normalized spacial score (nSPS) is 15.2. The Labute approximate surface area is 99.2 Å². The van der Waals surface area contributed by atoms with E-state index in [1.165, 1.54) is 25.0 Å². The minimum Gasteiger partial charge on any atom is -0.396 e. The molecule has 0 aliphatic carbocycles. The van der Waals surface area contributed by atoms with Crippen LogP contribution in [-0.4, -0.2) is 35.8 Å². The van der Waals surface area contributed by atoms with Crippen LogP contribution in [0.2, 0.25) is 0 Å². The van der Waals surface area contributed by atoms with E-state index < -0.39 is 0 Å². The second-order valence-corrected chi connectivity index (χ2v) is 5.32. The van der Waals surface area contributed by atoms with Crippen LogP contribution in [0.4, 0.5) is 0 Å². The summed E-state index contributed by atoms with van der Waals surface area (Å²) in [6.07, 6.45) is 3.80. The molecule has 2 atom stereocenters. The molecule has 0 fully saturated rings. The molecule has 0 saturated carbocycles. The number of hydrogen-bond acceptors (Lipinski definition) is 3. The Balaban J connectivity index is 3.28. The highest BCUT2D eigenvalue weighted by Crippen LogP contribution is 2.11. The summed E-state index contributed by atoms with van der Waals surface area (Å²) in [5.74, 6) is 2.77. The van der Waals surface area contributed by atoms with Gasteiger partial charge in [0.1, 0.15) is 0 Å². The summed E-state index contributed by atoms with van der Waals surface area (Å²) in [7, 11) is 0. The zero-order valence-corrected chi connectivity index (χ0v) is 11.3. The monoisotopic (exact) mass is 233 g/mol. The standard InChI is InChI=1S/C12H27NOS/c1-4-12(13-5-2)7-6-8-15-10-11(3)9-14/h11-14H,4-10H2,1-3H3. The molecule has 0 saturated heterocycles. The SMILES string of the molecule is CCNC(CC)CCCSCC(C)CO. The van der Waals surface area contributed by atoms with E-state index in [-0.39, 0.29) is 0 Å². The van der Waals surface area contributed by atoms with Gasteiger partial charge < -0.3 is 10.4 Å². The van der Waals surface area contributed by atoms with Crippen LogP contribution in [0.25, 0.3) is 0 Å². The largest absolute Gasteiger partial charge is 0.396 e. The van der Waals surface area contributed by atoms with E-state index in [9.17, 15) is 0 Å². The second-order valence-electron chi connectivity index (χ2n) is 4.17. The minimum absolute atomic E-state index is 0.321. The Bertz CT molecular complexity index is 133. The maximum atomic E-state index is 8.86. The number of hydrogen-bond donors (Lipinski definition) is 2. The minimum atomic E-state index is 0.321. The maximum Gasteiger partial charge on any atom is 0.0464 e. The van der Waals surface area contributed by atoms with Gasteiger partial charge in [0.05, 0.1) is 0 Å². The first-order valence-corrected chi connectivity index (χ1v) is 7.32. The Hall–Kier alpha value is 0.270. The average Bonchev–Trinajstić information content (AvgIpc) is 2.26. The molecule has 0 heterocycles. The smallest absolute Gasteiger partial charge is 0.0464 e. The zero-order valence-electron chi connectivity index (χ0n) is 10.5. The van der Waals surface area contributed by atoms with Crippen molar-refractivity contribution in [3.8, 4) is 0 Å². The van der Waals surface area contributed by atoms with Gasteiger partial charge in [-0.3, -0.25) is 0 Å². The molecule has 3 heteroatoms. The Morgan fingerprint density at radius 1 is 1.33 bits per heavy atom. The van der Waals surface area contributed by atoms with Crippen LogP contribution in [0, 0.1) is 5.92 Å². The van der Waals surface area contributed by atoms with Crippen molar-refractivity contribution in [1.82, 2.24) is 5.32 Å². The molecule has 2 unspecified atom stereocenters. The van der Waals surface area contributed by atoms with E-state index >= 15 is 0 Å². The molecule has 0 rings (SSSR count). The van der Waals surface area contributed by atoms with Crippen LogP contribution in [0.5, 0.6) is 0 Å². The summed E-state index contributed by atoms with van der Waals surface area (Å²) in [5.41, 5.74) is 0. The zero-order chi connectivity index (χ0) is 11.5. The number of rotatable bonds is 10. The quantitative estimate of drug-likeness (QED) is 0.569. The van der Waals surface area contributed by atoms with E-state index in [0.29, 0.717) is 18.6 Å². The lowest BCUT2D eigenvalue weighted by Crippen LogP contribution is -2.28. The molecule has 92 valence electrons. The predicted molar refractivity (Wildman–Crippen MR) is 70.6 cm³/mol. The van der Waals surface area contributed by atoms with Gasteiger partial charge in [-0.25, -0.2) is 0 Å². The summed E-state index contributed by atoms with van der Waals surface area (Å²) in [6.45, 7) is 7.91. The van der Waals surface area contributed by atoms with Crippen LogP contribution in [0.1, 0.15) is 40.0 Å². The van der Waals surface area contributed by atoms with Crippen LogP contribution in [0.15, 0.2) is 0 Å². The first-order valence-electron chi connectivity index (χ1n) is 6.16. The first kappa shape index (κ1) is 15.3. The van der Waals surface area contributed by atoms with Crippen LogP contribution < -0.4 is 5.32 Å². The van der Waals surface area contributed by atoms with Crippen molar-refractivity contribution in [3.63, 3.8) is 0 Å². The second kappa shape index (κ2) is 10.8. The topological polar surface area (TPSA) is 32.3 Å².